The summed E-state index contributed by atoms with van der Waals surface area (Å²) in [6.45, 7) is 3.22. The van der Waals surface area contributed by atoms with Crippen molar-refractivity contribution in [1.29, 1.82) is 0 Å². The Morgan fingerprint density at radius 3 is 2.68 bits per heavy atom. The van der Waals surface area contributed by atoms with E-state index in [4.69, 9.17) is 27.9 Å². The summed E-state index contributed by atoms with van der Waals surface area (Å²) in [6.07, 6.45) is 2.24. The van der Waals surface area contributed by atoms with E-state index < -0.39 is 0 Å². The summed E-state index contributed by atoms with van der Waals surface area (Å²) < 4.78 is 5.56. The van der Waals surface area contributed by atoms with Gasteiger partial charge in [0.1, 0.15) is 5.69 Å². The Bertz CT molecular complexity index is 759. The van der Waals surface area contributed by atoms with Gasteiger partial charge in [0.15, 0.2) is 0 Å². The van der Waals surface area contributed by atoms with Gasteiger partial charge >= 0.3 is 0 Å². The molecule has 1 aromatic heterocycles. The van der Waals surface area contributed by atoms with E-state index in [0.717, 1.165) is 19.4 Å². The van der Waals surface area contributed by atoms with Gasteiger partial charge in [-0.1, -0.05) is 23.2 Å². The molecule has 3 rings (SSSR count). The summed E-state index contributed by atoms with van der Waals surface area (Å²) in [5.41, 5.74) is 1.46. The SMILES string of the molecule is Cc1cc(C(=O)Nc2cc(Cl)cc(Cl)c2)nc(NCC2CCCO2)n1. The Morgan fingerprint density at radius 1 is 1.24 bits per heavy atom. The molecule has 2 N–H and O–H groups in total. The van der Waals surface area contributed by atoms with E-state index in [9.17, 15) is 4.79 Å². The van der Waals surface area contributed by atoms with Crippen molar-refractivity contribution in [1.82, 2.24) is 9.97 Å². The minimum absolute atomic E-state index is 0.162. The van der Waals surface area contributed by atoms with Crippen LogP contribution in [-0.2, 0) is 4.74 Å². The number of halogens is 2. The minimum Gasteiger partial charge on any atom is -0.376 e. The van der Waals surface area contributed by atoms with Crippen LogP contribution in [-0.4, -0.2) is 35.1 Å². The number of hydrogen-bond donors (Lipinski definition) is 2. The fourth-order valence-corrected chi connectivity index (χ4v) is 3.12. The molecule has 6 nitrogen and oxygen atoms in total. The first kappa shape index (κ1) is 17.9. The number of aromatic nitrogens is 2. The predicted octanol–water partition coefficient (Wildman–Crippen LogP) is 3.94. The third-order valence-electron chi connectivity index (χ3n) is 3.72. The molecule has 1 aromatic carbocycles. The van der Waals surface area contributed by atoms with Crippen molar-refractivity contribution in [3.63, 3.8) is 0 Å². The number of benzene rings is 1. The molecule has 0 spiro atoms. The van der Waals surface area contributed by atoms with E-state index in [1.165, 1.54) is 0 Å². The largest absolute Gasteiger partial charge is 0.376 e. The van der Waals surface area contributed by atoms with Gasteiger partial charge in [0.25, 0.3) is 5.91 Å². The van der Waals surface area contributed by atoms with E-state index in [2.05, 4.69) is 20.6 Å². The van der Waals surface area contributed by atoms with Crippen LogP contribution in [0.5, 0.6) is 0 Å². The molecule has 2 heterocycles. The predicted molar refractivity (Wildman–Crippen MR) is 98.6 cm³/mol. The van der Waals surface area contributed by atoms with E-state index >= 15 is 0 Å². The molecule has 0 bridgehead atoms. The maximum atomic E-state index is 12.5. The Hall–Kier alpha value is -1.89. The second-order valence-electron chi connectivity index (χ2n) is 5.85. The first-order chi connectivity index (χ1) is 12.0. The lowest BCUT2D eigenvalue weighted by Crippen LogP contribution is -2.21. The van der Waals surface area contributed by atoms with Crippen LogP contribution in [0.4, 0.5) is 11.6 Å². The number of rotatable bonds is 5. The summed E-state index contributed by atoms with van der Waals surface area (Å²) >= 11 is 11.9. The highest BCUT2D eigenvalue weighted by Crippen LogP contribution is 2.23. The highest BCUT2D eigenvalue weighted by atomic mass is 35.5. The molecule has 0 saturated carbocycles. The number of ether oxygens (including phenoxy) is 1. The average molecular weight is 381 g/mol. The van der Waals surface area contributed by atoms with Crippen LogP contribution in [0.15, 0.2) is 24.3 Å². The number of carbonyl (C=O) groups excluding carboxylic acids is 1. The van der Waals surface area contributed by atoms with Gasteiger partial charge in [-0.3, -0.25) is 4.79 Å². The summed E-state index contributed by atoms with van der Waals surface area (Å²) in [5, 5.41) is 6.77. The summed E-state index contributed by atoms with van der Waals surface area (Å²) in [6, 6.07) is 6.46. The number of aryl methyl sites for hydroxylation is 1. The Kier molecular flexibility index (Phi) is 5.73. The Morgan fingerprint density at radius 2 is 2.00 bits per heavy atom. The van der Waals surface area contributed by atoms with Crippen molar-refractivity contribution in [3.05, 3.63) is 45.7 Å². The van der Waals surface area contributed by atoms with Crippen molar-refractivity contribution in [2.24, 2.45) is 0 Å². The van der Waals surface area contributed by atoms with Gasteiger partial charge in [0.2, 0.25) is 5.95 Å². The van der Waals surface area contributed by atoms with E-state index in [1.54, 1.807) is 24.3 Å². The fourth-order valence-electron chi connectivity index (χ4n) is 2.60. The molecule has 1 unspecified atom stereocenters. The quantitative estimate of drug-likeness (QED) is 0.821. The zero-order chi connectivity index (χ0) is 17.8. The van der Waals surface area contributed by atoms with Crippen molar-refractivity contribution in [2.75, 3.05) is 23.8 Å². The molecule has 1 saturated heterocycles. The molecule has 1 aliphatic rings. The second-order valence-corrected chi connectivity index (χ2v) is 6.72. The van der Waals surface area contributed by atoms with Crippen LogP contribution < -0.4 is 10.6 Å². The highest BCUT2D eigenvalue weighted by Gasteiger charge is 2.16. The number of carbonyl (C=O) groups is 1. The number of anilines is 2. The van der Waals surface area contributed by atoms with Gasteiger partial charge in [-0.05, 0) is 44.0 Å². The van der Waals surface area contributed by atoms with Crippen LogP contribution in [0.1, 0.15) is 29.0 Å². The Balaban J connectivity index is 1.70. The number of amides is 1. The molecule has 1 fully saturated rings. The molecule has 8 heteroatoms. The molecule has 25 heavy (non-hydrogen) atoms. The number of nitrogens with zero attached hydrogens (tertiary/aromatic N) is 2. The summed E-state index contributed by atoms with van der Waals surface area (Å²) in [5.74, 6) is 0.0498. The molecule has 1 aliphatic heterocycles. The van der Waals surface area contributed by atoms with E-state index in [0.29, 0.717) is 33.9 Å². The zero-order valence-corrected chi connectivity index (χ0v) is 15.2. The molecule has 0 radical (unpaired) electrons. The normalized spacial score (nSPS) is 16.7. The molecule has 132 valence electrons. The monoisotopic (exact) mass is 380 g/mol. The van der Waals surface area contributed by atoms with Gasteiger partial charge in [0.05, 0.1) is 6.10 Å². The van der Waals surface area contributed by atoms with Crippen molar-refractivity contribution in [3.8, 4) is 0 Å². The topological polar surface area (TPSA) is 76.1 Å². The lowest BCUT2D eigenvalue weighted by Gasteiger charge is -2.12. The lowest BCUT2D eigenvalue weighted by atomic mass is 10.2. The van der Waals surface area contributed by atoms with Gasteiger partial charge in [-0.2, -0.15) is 0 Å². The average Bonchev–Trinajstić information content (AvgIpc) is 3.05. The van der Waals surface area contributed by atoms with Crippen LogP contribution in [0.25, 0.3) is 0 Å². The standard InChI is InChI=1S/C17H18Cl2N4O2/c1-10-5-15(16(24)22-13-7-11(18)6-12(19)8-13)23-17(21-10)20-9-14-3-2-4-25-14/h5-8,14H,2-4,9H2,1H3,(H,22,24)(H,20,21,23). The van der Waals surface area contributed by atoms with Crippen molar-refractivity contribution in [2.45, 2.75) is 25.9 Å². The number of nitrogens with one attached hydrogen (secondary N) is 2. The molecule has 1 amide bonds. The van der Waals surface area contributed by atoms with E-state index in [1.807, 2.05) is 6.92 Å². The highest BCUT2D eigenvalue weighted by molar-refractivity contribution is 6.35. The third kappa shape index (κ3) is 5.04. The van der Waals surface area contributed by atoms with Crippen LogP contribution in [0, 0.1) is 6.92 Å². The first-order valence-electron chi connectivity index (χ1n) is 7.98. The molecular weight excluding hydrogens is 363 g/mol. The van der Waals surface area contributed by atoms with Gasteiger partial charge < -0.3 is 15.4 Å². The fraction of sp³-hybridized carbons (Fsp3) is 0.353. The van der Waals surface area contributed by atoms with Gasteiger partial charge in [-0.15, -0.1) is 0 Å². The molecule has 2 aromatic rings. The summed E-state index contributed by atoms with van der Waals surface area (Å²) in [4.78, 5) is 21.1. The van der Waals surface area contributed by atoms with E-state index in [-0.39, 0.29) is 17.7 Å². The lowest BCUT2D eigenvalue weighted by molar-refractivity contribution is 0.102. The Labute approximate surface area is 155 Å². The molecular formula is C17H18Cl2N4O2. The smallest absolute Gasteiger partial charge is 0.274 e. The van der Waals surface area contributed by atoms with Crippen LogP contribution in [0.3, 0.4) is 0 Å². The maximum Gasteiger partial charge on any atom is 0.274 e. The minimum atomic E-state index is -0.357. The zero-order valence-electron chi connectivity index (χ0n) is 13.7. The molecule has 1 atom stereocenters. The third-order valence-corrected chi connectivity index (χ3v) is 4.16. The van der Waals surface area contributed by atoms with Crippen molar-refractivity contribution >= 4 is 40.7 Å². The van der Waals surface area contributed by atoms with Crippen LogP contribution >= 0.6 is 23.2 Å². The molecule has 0 aliphatic carbocycles. The second kappa shape index (κ2) is 7.99. The van der Waals surface area contributed by atoms with Crippen LogP contribution in [0.2, 0.25) is 10.0 Å². The first-order valence-corrected chi connectivity index (χ1v) is 8.74. The van der Waals surface area contributed by atoms with Gasteiger partial charge in [-0.25, -0.2) is 9.97 Å². The van der Waals surface area contributed by atoms with Crippen molar-refractivity contribution < 1.29 is 9.53 Å². The number of hydrogen-bond acceptors (Lipinski definition) is 5. The van der Waals surface area contributed by atoms with Gasteiger partial charge in [0, 0.05) is 34.6 Å². The summed E-state index contributed by atoms with van der Waals surface area (Å²) in [7, 11) is 0. The maximum absolute atomic E-state index is 12.5.